The largest absolute Gasteiger partial charge is 0.368 e. The third-order valence-electron chi connectivity index (χ3n) is 3.99. The summed E-state index contributed by atoms with van der Waals surface area (Å²) >= 11 is 0. The zero-order valence-corrected chi connectivity index (χ0v) is 15.0. The van der Waals surface area contributed by atoms with Crippen LogP contribution < -0.4 is 11.1 Å². The van der Waals surface area contributed by atoms with E-state index in [2.05, 4.69) is 66.2 Å². The van der Waals surface area contributed by atoms with Gasteiger partial charge in [-0.25, -0.2) is 4.39 Å². The van der Waals surface area contributed by atoms with E-state index in [1.165, 1.54) is 23.6 Å². The number of hydrogen-bond acceptors (Lipinski definition) is 5. The fourth-order valence-electron chi connectivity index (χ4n) is 2.72. The molecule has 0 saturated heterocycles. The Bertz CT molecular complexity index is 700. The number of nitrogen functional groups attached to an aromatic ring is 1. The second-order valence-corrected chi connectivity index (χ2v) is 6.41. The van der Waals surface area contributed by atoms with Gasteiger partial charge in [0.15, 0.2) is 12.0 Å². The molecule has 1 aromatic heterocycles. The summed E-state index contributed by atoms with van der Waals surface area (Å²) in [4.78, 5) is 12.1. The Hall–Kier alpha value is -2.24. The fourth-order valence-corrected chi connectivity index (χ4v) is 2.72. The van der Waals surface area contributed by atoms with Crippen LogP contribution in [0.2, 0.25) is 0 Å². The predicted octanol–water partition coefficient (Wildman–Crippen LogP) is 4.80. The first-order chi connectivity index (χ1) is 11.3. The number of aryl methyl sites for hydroxylation is 2. The molecule has 1 unspecified atom stereocenters. The van der Waals surface area contributed by atoms with Gasteiger partial charge >= 0.3 is 0 Å². The minimum Gasteiger partial charge on any atom is -0.368 e. The van der Waals surface area contributed by atoms with E-state index in [9.17, 15) is 4.39 Å². The lowest BCUT2D eigenvalue weighted by molar-refractivity contribution is 0.356. The molecule has 2 atom stereocenters. The van der Waals surface area contributed by atoms with Crippen molar-refractivity contribution >= 4 is 11.9 Å². The Labute approximate surface area is 150 Å². The van der Waals surface area contributed by atoms with Gasteiger partial charge in [0, 0.05) is 0 Å². The Morgan fingerprint density at radius 2 is 1.84 bits per heavy atom. The molecule has 2 aromatic rings. The van der Waals surface area contributed by atoms with E-state index in [-0.39, 0.29) is 25.2 Å². The molecule has 6 heteroatoms. The Kier molecular flexibility index (Phi) is 7.27. The first-order valence-corrected chi connectivity index (χ1v) is 8.33. The van der Waals surface area contributed by atoms with Gasteiger partial charge in [0.05, 0.1) is 6.04 Å². The van der Waals surface area contributed by atoms with Crippen molar-refractivity contribution in [3.63, 3.8) is 0 Å². The summed E-state index contributed by atoms with van der Waals surface area (Å²) in [6.45, 7) is 9.85. The second kappa shape index (κ2) is 8.74. The lowest BCUT2D eigenvalue weighted by atomic mass is 9.90. The van der Waals surface area contributed by atoms with Gasteiger partial charge in [-0.1, -0.05) is 52.0 Å². The predicted molar refractivity (Wildman–Crippen MR) is 102 cm³/mol. The van der Waals surface area contributed by atoms with Crippen LogP contribution in [-0.4, -0.2) is 15.0 Å². The molecule has 1 heterocycles. The van der Waals surface area contributed by atoms with E-state index in [0.29, 0.717) is 11.9 Å². The number of nitrogens with zero attached hydrogens (tertiary/aromatic N) is 3. The molecule has 5 nitrogen and oxygen atoms in total. The lowest BCUT2D eigenvalue weighted by Gasteiger charge is -2.26. The number of nitrogens with two attached hydrogens (primary N) is 1. The van der Waals surface area contributed by atoms with E-state index in [0.717, 1.165) is 6.42 Å². The molecule has 0 amide bonds. The van der Waals surface area contributed by atoms with Crippen LogP contribution in [0.3, 0.4) is 0 Å². The highest BCUT2D eigenvalue weighted by molar-refractivity contribution is 5.41. The van der Waals surface area contributed by atoms with Crippen LogP contribution in [-0.2, 0) is 6.42 Å². The van der Waals surface area contributed by atoms with Gasteiger partial charge in [0.1, 0.15) is 0 Å². The van der Waals surface area contributed by atoms with Crippen LogP contribution in [0.25, 0.3) is 0 Å². The summed E-state index contributed by atoms with van der Waals surface area (Å²) in [7, 11) is 0. The van der Waals surface area contributed by atoms with Crippen LogP contribution in [0, 0.1) is 12.8 Å². The molecule has 0 radical (unpaired) electrons. The maximum Gasteiger partial charge on any atom is 0.228 e. The van der Waals surface area contributed by atoms with Crippen LogP contribution >= 0.6 is 0 Å². The monoisotopic (exact) mass is 347 g/mol. The van der Waals surface area contributed by atoms with Crippen molar-refractivity contribution in [3.05, 3.63) is 40.7 Å². The standard InChI is InChI=1S/C18H26FN5.CH4/c1-6-13-8-7-11(4)9-14(13)15(10(2)3)21-18-23-16(12(5)19)22-17(20)24-18;/h7-10,12,15H,6H2,1-5H3,(H3,20,21,22,23,24);1H4/t12-,15?;/m1./s1. The smallest absolute Gasteiger partial charge is 0.228 e. The summed E-state index contributed by atoms with van der Waals surface area (Å²) in [5.41, 5.74) is 9.38. The molecule has 138 valence electrons. The van der Waals surface area contributed by atoms with Crippen LogP contribution in [0.4, 0.5) is 16.3 Å². The molecule has 25 heavy (non-hydrogen) atoms. The molecule has 0 aliphatic heterocycles. The molecule has 0 saturated carbocycles. The van der Waals surface area contributed by atoms with Gasteiger partial charge in [-0.3, -0.25) is 0 Å². The average Bonchev–Trinajstić information content (AvgIpc) is 2.51. The number of rotatable bonds is 6. The van der Waals surface area contributed by atoms with Gasteiger partial charge in [-0.2, -0.15) is 15.0 Å². The van der Waals surface area contributed by atoms with Crippen molar-refractivity contribution in [2.75, 3.05) is 11.1 Å². The number of aromatic nitrogens is 3. The zero-order chi connectivity index (χ0) is 17.9. The van der Waals surface area contributed by atoms with Gasteiger partial charge in [-0.15, -0.1) is 0 Å². The van der Waals surface area contributed by atoms with Crippen LogP contribution in [0.15, 0.2) is 18.2 Å². The molecule has 2 rings (SSSR count). The third-order valence-corrected chi connectivity index (χ3v) is 3.99. The topological polar surface area (TPSA) is 76.7 Å². The summed E-state index contributed by atoms with van der Waals surface area (Å²) in [5, 5.41) is 3.32. The third kappa shape index (κ3) is 5.11. The Morgan fingerprint density at radius 1 is 1.16 bits per heavy atom. The number of benzene rings is 1. The molecular formula is C19H30FN5. The van der Waals surface area contributed by atoms with E-state index >= 15 is 0 Å². The van der Waals surface area contributed by atoms with E-state index in [1.807, 2.05) is 0 Å². The number of hydrogen-bond donors (Lipinski definition) is 2. The maximum atomic E-state index is 13.5. The van der Waals surface area contributed by atoms with Crippen molar-refractivity contribution in [2.24, 2.45) is 5.92 Å². The molecule has 0 aliphatic carbocycles. The average molecular weight is 347 g/mol. The molecule has 0 spiro atoms. The number of halogens is 1. The maximum absolute atomic E-state index is 13.5. The highest BCUT2D eigenvalue weighted by atomic mass is 19.1. The van der Waals surface area contributed by atoms with Gasteiger partial charge < -0.3 is 11.1 Å². The first kappa shape index (κ1) is 20.8. The number of nitrogens with one attached hydrogen (secondary N) is 1. The molecule has 0 bridgehead atoms. The van der Waals surface area contributed by atoms with E-state index in [1.54, 1.807) is 0 Å². The molecule has 3 N–H and O–H groups in total. The first-order valence-electron chi connectivity index (χ1n) is 8.33. The lowest BCUT2D eigenvalue weighted by Crippen LogP contribution is -2.21. The Balaban J connectivity index is 0.00000312. The van der Waals surface area contributed by atoms with Crippen molar-refractivity contribution in [2.45, 2.75) is 60.7 Å². The second-order valence-electron chi connectivity index (χ2n) is 6.41. The van der Waals surface area contributed by atoms with Crippen LogP contribution in [0.5, 0.6) is 0 Å². The van der Waals surface area contributed by atoms with Crippen molar-refractivity contribution < 1.29 is 4.39 Å². The minimum absolute atomic E-state index is 0. The van der Waals surface area contributed by atoms with Gasteiger partial charge in [0.25, 0.3) is 0 Å². The van der Waals surface area contributed by atoms with E-state index in [4.69, 9.17) is 5.73 Å². The van der Waals surface area contributed by atoms with Crippen molar-refractivity contribution in [1.29, 1.82) is 0 Å². The number of alkyl halides is 1. The van der Waals surface area contributed by atoms with Crippen LogP contribution in [0.1, 0.15) is 69.8 Å². The van der Waals surface area contributed by atoms with Crippen molar-refractivity contribution in [1.82, 2.24) is 15.0 Å². The molecular weight excluding hydrogens is 317 g/mol. The minimum atomic E-state index is -1.29. The Morgan fingerprint density at radius 3 is 2.40 bits per heavy atom. The highest BCUT2D eigenvalue weighted by Gasteiger charge is 2.21. The normalized spacial score (nSPS) is 13.2. The highest BCUT2D eigenvalue weighted by Crippen LogP contribution is 2.29. The summed E-state index contributed by atoms with van der Waals surface area (Å²) < 4.78 is 13.5. The zero-order valence-electron chi connectivity index (χ0n) is 15.0. The molecule has 0 aliphatic rings. The van der Waals surface area contributed by atoms with Gasteiger partial charge in [0.2, 0.25) is 11.9 Å². The van der Waals surface area contributed by atoms with Crippen molar-refractivity contribution in [3.8, 4) is 0 Å². The summed E-state index contributed by atoms with van der Waals surface area (Å²) in [6.07, 6.45) is -0.356. The number of anilines is 2. The SMILES string of the molecule is C.CCc1ccc(C)cc1C(Nc1nc(N)nc([C@@H](C)F)n1)C(C)C. The fraction of sp³-hybridized carbons (Fsp3) is 0.526. The quantitative estimate of drug-likeness (QED) is 0.785. The molecule has 0 fully saturated rings. The summed E-state index contributed by atoms with van der Waals surface area (Å²) in [5.74, 6) is 0.674. The van der Waals surface area contributed by atoms with E-state index < -0.39 is 6.17 Å². The summed E-state index contributed by atoms with van der Waals surface area (Å²) in [6, 6.07) is 6.45. The molecule has 1 aromatic carbocycles. The van der Waals surface area contributed by atoms with Gasteiger partial charge in [-0.05, 0) is 37.3 Å².